The van der Waals surface area contributed by atoms with Crippen molar-refractivity contribution in [1.29, 1.82) is 0 Å². The average molecular weight is 517 g/mol. The normalized spacial score (nSPS) is 25.0. The molecule has 3 aromatic rings. The summed E-state index contributed by atoms with van der Waals surface area (Å²) < 4.78 is 13.1. The Balaban J connectivity index is 1.09. The van der Waals surface area contributed by atoms with Crippen molar-refractivity contribution in [2.24, 2.45) is 5.41 Å². The molecule has 2 aromatic heterocycles. The molecule has 0 atom stereocenters. The third-order valence-corrected chi connectivity index (χ3v) is 9.67. The molecular weight excluding hydrogens is 476 g/mol. The number of nitrogens with one attached hydrogen (secondary N) is 1. The summed E-state index contributed by atoms with van der Waals surface area (Å²) >= 11 is 0. The van der Waals surface area contributed by atoms with Crippen LogP contribution in [0.4, 0.5) is 11.4 Å². The summed E-state index contributed by atoms with van der Waals surface area (Å²) in [5, 5.41) is 8.10. The summed E-state index contributed by atoms with van der Waals surface area (Å²) in [6, 6.07) is 8.23. The Morgan fingerprint density at radius 3 is 2.55 bits per heavy atom. The Kier molecular flexibility index (Phi) is 6.00. The minimum absolute atomic E-state index is 0.398. The first kappa shape index (κ1) is 24.2. The highest BCUT2D eigenvalue weighted by Crippen LogP contribution is 2.46. The molecule has 1 aromatic carbocycles. The summed E-state index contributed by atoms with van der Waals surface area (Å²) in [5.74, 6) is 1.14. The highest BCUT2D eigenvalue weighted by molar-refractivity contribution is 5.84. The molecule has 2 saturated heterocycles. The maximum absolute atomic E-state index is 5.65. The number of likely N-dealkylation sites (tertiary alicyclic amines) is 1. The second kappa shape index (κ2) is 9.42. The number of pyridine rings is 1. The van der Waals surface area contributed by atoms with E-state index in [9.17, 15) is 0 Å². The monoisotopic (exact) mass is 516 g/mol. The van der Waals surface area contributed by atoms with Crippen molar-refractivity contribution in [3.8, 4) is 16.9 Å². The zero-order valence-electron chi connectivity index (χ0n) is 22.9. The van der Waals surface area contributed by atoms with Crippen molar-refractivity contribution in [3.63, 3.8) is 0 Å². The van der Waals surface area contributed by atoms with Crippen LogP contribution >= 0.6 is 0 Å². The molecule has 1 aliphatic carbocycles. The van der Waals surface area contributed by atoms with Gasteiger partial charge in [0.1, 0.15) is 6.33 Å². The number of ether oxygens (including phenoxy) is 2. The molecule has 0 bridgehead atoms. The molecule has 202 valence electrons. The van der Waals surface area contributed by atoms with Crippen LogP contribution in [0, 0.1) is 5.41 Å². The second-order valence-corrected chi connectivity index (χ2v) is 12.2. The number of hydrogen-bond donors (Lipinski definition) is 1. The van der Waals surface area contributed by atoms with E-state index in [1.807, 2.05) is 4.52 Å². The summed E-state index contributed by atoms with van der Waals surface area (Å²) in [6.45, 7) is 9.98. The van der Waals surface area contributed by atoms with E-state index in [0.29, 0.717) is 17.4 Å². The molecule has 1 N–H and O–H groups in total. The predicted octanol–water partition coefficient (Wildman–Crippen LogP) is 5.14. The molecule has 5 heterocycles. The average Bonchev–Trinajstić information content (AvgIpc) is 3.58. The van der Waals surface area contributed by atoms with Crippen molar-refractivity contribution >= 4 is 17.0 Å². The Hall–Kier alpha value is -2.84. The van der Waals surface area contributed by atoms with Crippen LogP contribution in [-0.2, 0) is 4.74 Å². The van der Waals surface area contributed by atoms with Gasteiger partial charge < -0.3 is 19.7 Å². The molecule has 7 rings (SSSR count). The van der Waals surface area contributed by atoms with E-state index < -0.39 is 0 Å². The van der Waals surface area contributed by atoms with Gasteiger partial charge in [0, 0.05) is 55.6 Å². The van der Waals surface area contributed by atoms with Crippen LogP contribution in [0.2, 0.25) is 0 Å². The first-order valence-corrected chi connectivity index (χ1v) is 14.4. The second-order valence-electron chi connectivity index (χ2n) is 12.2. The fraction of sp³-hybridized carbons (Fsp3) is 0.600. The van der Waals surface area contributed by atoms with E-state index in [4.69, 9.17) is 9.47 Å². The number of nitrogens with zero attached hydrogens (tertiary/aromatic N) is 5. The van der Waals surface area contributed by atoms with Crippen molar-refractivity contribution < 1.29 is 9.47 Å². The molecule has 8 nitrogen and oxygen atoms in total. The van der Waals surface area contributed by atoms with Crippen LogP contribution in [0.15, 0.2) is 30.7 Å². The maximum atomic E-state index is 5.65. The Labute approximate surface area is 225 Å². The van der Waals surface area contributed by atoms with Crippen molar-refractivity contribution in [2.45, 2.75) is 70.4 Å². The summed E-state index contributed by atoms with van der Waals surface area (Å²) in [4.78, 5) is 9.76. The number of aromatic nitrogens is 3. The lowest BCUT2D eigenvalue weighted by Crippen LogP contribution is -2.62. The third kappa shape index (κ3) is 4.04. The van der Waals surface area contributed by atoms with Gasteiger partial charge in [-0.3, -0.25) is 4.90 Å². The smallest absolute Gasteiger partial charge is 0.197 e. The van der Waals surface area contributed by atoms with Gasteiger partial charge in [-0.1, -0.05) is 13.8 Å². The summed E-state index contributed by atoms with van der Waals surface area (Å²) in [7, 11) is 1.69. The first-order chi connectivity index (χ1) is 18.5. The Morgan fingerprint density at radius 2 is 1.82 bits per heavy atom. The molecule has 3 aliphatic heterocycles. The molecular formula is C30H40N6O2. The summed E-state index contributed by atoms with van der Waals surface area (Å²) in [5.41, 5.74) is 7.59. The summed E-state index contributed by atoms with van der Waals surface area (Å²) in [6.07, 6.45) is 11.3. The van der Waals surface area contributed by atoms with Crippen LogP contribution in [-0.4, -0.2) is 71.7 Å². The van der Waals surface area contributed by atoms with Crippen LogP contribution in [0.25, 0.3) is 16.8 Å². The van der Waals surface area contributed by atoms with Gasteiger partial charge in [0.15, 0.2) is 11.4 Å². The van der Waals surface area contributed by atoms with Gasteiger partial charge in [-0.25, -0.2) is 9.50 Å². The quantitative estimate of drug-likeness (QED) is 0.504. The van der Waals surface area contributed by atoms with E-state index in [-0.39, 0.29) is 0 Å². The van der Waals surface area contributed by atoms with Crippen LogP contribution in [0.3, 0.4) is 0 Å². The first-order valence-electron chi connectivity index (χ1n) is 14.4. The highest BCUT2D eigenvalue weighted by Gasteiger charge is 2.46. The van der Waals surface area contributed by atoms with Gasteiger partial charge >= 0.3 is 0 Å². The standard InChI is InChI=1S/C30H40N6O2/c1-20(2)24-14-27-26(13-25(24)21-12-28(37-3)29-31-18-33-36(29)15-21)32-19-35(27)23-6-4-22(5-7-23)34-16-30(17-34)8-10-38-11-9-30/h12-15,18,20,22-23,32H,4-11,16-17,19H2,1-3H3. The molecule has 0 radical (unpaired) electrons. The number of anilines is 2. The Bertz CT molecular complexity index is 1310. The number of fused-ring (bicyclic) bond motifs is 2. The molecule has 0 amide bonds. The number of rotatable bonds is 5. The topological polar surface area (TPSA) is 67.2 Å². The number of benzene rings is 1. The van der Waals surface area contributed by atoms with E-state index in [0.717, 1.165) is 42.9 Å². The lowest BCUT2D eigenvalue weighted by Gasteiger charge is -2.56. The minimum Gasteiger partial charge on any atom is -0.493 e. The van der Waals surface area contributed by atoms with E-state index in [1.165, 1.54) is 74.1 Å². The van der Waals surface area contributed by atoms with Crippen molar-refractivity contribution in [2.75, 3.05) is 50.3 Å². The fourth-order valence-corrected chi connectivity index (χ4v) is 7.42. The lowest BCUT2D eigenvalue weighted by molar-refractivity contribution is -0.102. The zero-order valence-corrected chi connectivity index (χ0v) is 22.9. The van der Waals surface area contributed by atoms with Gasteiger partial charge in [-0.15, -0.1) is 0 Å². The molecule has 4 aliphatic rings. The predicted molar refractivity (Wildman–Crippen MR) is 150 cm³/mol. The third-order valence-electron chi connectivity index (χ3n) is 9.67. The van der Waals surface area contributed by atoms with Gasteiger partial charge in [-0.05, 0) is 73.8 Å². The SMILES string of the molecule is COc1cc(-c2cc3c(cc2C(C)C)N(C2CCC(N4CC5(CCOCC5)C4)CC2)CN3)cn2ncnc12. The number of hydrogen-bond acceptors (Lipinski definition) is 7. The van der Waals surface area contributed by atoms with Crippen LogP contribution in [0.1, 0.15) is 63.9 Å². The van der Waals surface area contributed by atoms with Gasteiger partial charge in [-0.2, -0.15) is 5.10 Å². The Morgan fingerprint density at radius 1 is 1.05 bits per heavy atom. The minimum atomic E-state index is 0.398. The highest BCUT2D eigenvalue weighted by atomic mass is 16.5. The van der Waals surface area contributed by atoms with Crippen LogP contribution in [0.5, 0.6) is 5.75 Å². The zero-order chi connectivity index (χ0) is 25.9. The number of methoxy groups -OCH3 is 1. The largest absolute Gasteiger partial charge is 0.493 e. The molecule has 0 unspecified atom stereocenters. The molecule has 3 fully saturated rings. The molecule has 38 heavy (non-hydrogen) atoms. The molecule has 8 heteroatoms. The van der Waals surface area contributed by atoms with Gasteiger partial charge in [0.25, 0.3) is 0 Å². The maximum Gasteiger partial charge on any atom is 0.197 e. The lowest BCUT2D eigenvalue weighted by atomic mass is 9.71. The molecule has 1 saturated carbocycles. The van der Waals surface area contributed by atoms with E-state index in [2.05, 4.69) is 63.4 Å². The van der Waals surface area contributed by atoms with E-state index >= 15 is 0 Å². The fourth-order valence-electron chi connectivity index (χ4n) is 7.42. The van der Waals surface area contributed by atoms with E-state index in [1.54, 1.807) is 13.4 Å². The molecule has 1 spiro atoms. The van der Waals surface area contributed by atoms with Gasteiger partial charge in [0.05, 0.1) is 25.2 Å². The van der Waals surface area contributed by atoms with Crippen LogP contribution < -0.4 is 15.0 Å². The van der Waals surface area contributed by atoms with Crippen molar-refractivity contribution in [3.05, 3.63) is 36.3 Å². The van der Waals surface area contributed by atoms with Gasteiger partial charge in [0.2, 0.25) is 0 Å². The van der Waals surface area contributed by atoms with Crippen molar-refractivity contribution in [1.82, 2.24) is 19.5 Å².